The van der Waals surface area contributed by atoms with Crippen LogP contribution in [0.2, 0.25) is 0 Å². The molecule has 0 bridgehead atoms. The summed E-state index contributed by atoms with van der Waals surface area (Å²) in [6.07, 6.45) is -1.32. The number of alkyl halides is 3. The summed E-state index contributed by atoms with van der Waals surface area (Å²) < 4.78 is 38.2. The van der Waals surface area contributed by atoms with Crippen LogP contribution in [-0.2, 0) is 11.0 Å². The second-order valence-electron chi connectivity index (χ2n) is 8.18. The normalized spacial score (nSPS) is 16.1. The lowest BCUT2D eigenvalue weighted by molar-refractivity contribution is -0.137. The lowest BCUT2D eigenvalue weighted by Gasteiger charge is -2.31. The van der Waals surface area contributed by atoms with E-state index in [1.807, 2.05) is 30.3 Å². The first-order valence-corrected chi connectivity index (χ1v) is 11.3. The van der Waals surface area contributed by atoms with Crippen LogP contribution in [0.3, 0.4) is 0 Å². The van der Waals surface area contributed by atoms with Crippen LogP contribution in [0.4, 0.5) is 13.2 Å². The van der Waals surface area contributed by atoms with Crippen molar-refractivity contribution in [2.75, 3.05) is 32.8 Å². The summed E-state index contributed by atoms with van der Waals surface area (Å²) in [4.78, 5) is 20.3. The zero-order chi connectivity index (χ0) is 23.7. The molecule has 2 N–H and O–H groups in total. The molecule has 0 atom stereocenters. The van der Waals surface area contributed by atoms with Crippen molar-refractivity contribution in [3.05, 3.63) is 71.3 Å². The van der Waals surface area contributed by atoms with Crippen molar-refractivity contribution in [2.24, 2.45) is 16.8 Å². The zero-order valence-corrected chi connectivity index (χ0v) is 18.6. The molecule has 178 valence electrons. The monoisotopic (exact) mass is 461 g/mol. The highest BCUT2D eigenvalue weighted by Gasteiger charge is 2.31. The molecule has 8 heteroatoms. The van der Waals surface area contributed by atoms with Gasteiger partial charge in [0.1, 0.15) is 6.61 Å². The quantitative estimate of drug-likeness (QED) is 0.240. The molecule has 0 amide bonds. The number of hydrogen-bond donors (Lipinski definition) is 1. The highest BCUT2D eigenvalue weighted by atomic mass is 19.4. The van der Waals surface area contributed by atoms with Crippen LogP contribution in [0.25, 0.3) is 0 Å². The van der Waals surface area contributed by atoms with E-state index in [2.05, 4.69) is 10.1 Å². The number of benzene rings is 2. The number of likely N-dealkylation sites (tertiary alicyclic amines) is 1. The summed E-state index contributed by atoms with van der Waals surface area (Å²) in [5.74, 6) is -0.219. The lowest BCUT2D eigenvalue weighted by Crippen LogP contribution is -2.37. The van der Waals surface area contributed by atoms with E-state index in [4.69, 9.17) is 10.6 Å². The smallest absolute Gasteiger partial charge is 0.394 e. The Hall–Kier alpha value is -2.71. The number of ketones is 1. The van der Waals surface area contributed by atoms with E-state index in [0.29, 0.717) is 31.6 Å². The minimum atomic E-state index is -4.39. The Morgan fingerprint density at radius 3 is 2.30 bits per heavy atom. The Morgan fingerprint density at radius 1 is 1.03 bits per heavy atom. The second-order valence-corrected chi connectivity index (χ2v) is 8.18. The highest BCUT2D eigenvalue weighted by Crippen LogP contribution is 2.30. The van der Waals surface area contributed by atoms with Gasteiger partial charge in [-0.25, -0.2) is 0 Å². The Kier molecular flexibility index (Phi) is 9.03. The molecule has 33 heavy (non-hydrogen) atoms. The summed E-state index contributed by atoms with van der Waals surface area (Å²) in [5.41, 5.74) is 7.00. The van der Waals surface area contributed by atoms with E-state index in [-0.39, 0.29) is 11.7 Å². The van der Waals surface area contributed by atoms with Crippen molar-refractivity contribution in [1.82, 2.24) is 4.90 Å². The van der Waals surface area contributed by atoms with E-state index in [1.54, 1.807) is 0 Å². The number of Topliss-reactive ketones (excluding diaryl/α,β-unsaturated/α-hetero) is 1. The summed E-state index contributed by atoms with van der Waals surface area (Å²) in [6, 6.07) is 14.4. The van der Waals surface area contributed by atoms with Gasteiger partial charge in [0.15, 0.2) is 5.78 Å². The topological polar surface area (TPSA) is 67.9 Å². The summed E-state index contributed by atoms with van der Waals surface area (Å²) in [7, 11) is 0. The van der Waals surface area contributed by atoms with Crippen molar-refractivity contribution >= 4 is 11.5 Å². The van der Waals surface area contributed by atoms with Crippen molar-refractivity contribution < 1.29 is 22.8 Å². The average Bonchev–Trinajstić information content (AvgIpc) is 2.83. The molecular formula is C25H30F3N3O2. The fourth-order valence-corrected chi connectivity index (χ4v) is 4.00. The molecule has 0 spiro atoms. The van der Waals surface area contributed by atoms with Gasteiger partial charge in [-0.15, -0.1) is 0 Å². The molecule has 0 unspecified atom stereocenters. The second kappa shape index (κ2) is 12.0. The predicted molar refractivity (Wildman–Crippen MR) is 122 cm³/mol. The molecule has 0 aliphatic carbocycles. The number of halogens is 3. The molecule has 3 rings (SSSR count). The maximum Gasteiger partial charge on any atom is 0.416 e. The average molecular weight is 462 g/mol. The number of oxime groups is 1. The van der Waals surface area contributed by atoms with Crippen LogP contribution in [0.5, 0.6) is 0 Å². The first-order valence-electron chi connectivity index (χ1n) is 11.3. The van der Waals surface area contributed by atoms with E-state index in [0.717, 1.165) is 55.9 Å². The third kappa shape index (κ3) is 7.40. The van der Waals surface area contributed by atoms with Gasteiger partial charge >= 0.3 is 6.18 Å². The maximum absolute atomic E-state index is 12.7. The molecule has 0 radical (unpaired) electrons. The SMILES string of the molecule is NCCO/N=C(/CCCN1CCC(C(=O)c2ccc(C(F)(F)F)cc2)CC1)c1ccccc1. The van der Waals surface area contributed by atoms with Crippen LogP contribution in [-0.4, -0.2) is 49.2 Å². The first kappa shape index (κ1) is 24.9. The summed E-state index contributed by atoms with van der Waals surface area (Å²) >= 11 is 0. The zero-order valence-electron chi connectivity index (χ0n) is 18.6. The Balaban J connectivity index is 1.47. The highest BCUT2D eigenvalue weighted by molar-refractivity contribution is 6.00. The van der Waals surface area contributed by atoms with E-state index >= 15 is 0 Å². The third-order valence-electron chi connectivity index (χ3n) is 5.83. The van der Waals surface area contributed by atoms with E-state index < -0.39 is 11.7 Å². The molecule has 2 aromatic carbocycles. The minimum Gasteiger partial charge on any atom is -0.394 e. The molecule has 1 heterocycles. The number of nitrogens with zero attached hydrogens (tertiary/aromatic N) is 2. The number of rotatable bonds is 10. The number of hydrogen-bond acceptors (Lipinski definition) is 5. The van der Waals surface area contributed by atoms with Crippen LogP contribution >= 0.6 is 0 Å². The van der Waals surface area contributed by atoms with Crippen molar-refractivity contribution in [3.8, 4) is 0 Å². The molecule has 2 aromatic rings. The maximum atomic E-state index is 12.7. The molecule has 0 aromatic heterocycles. The Morgan fingerprint density at radius 2 is 1.70 bits per heavy atom. The van der Waals surface area contributed by atoms with E-state index in [1.165, 1.54) is 12.1 Å². The van der Waals surface area contributed by atoms with Gasteiger partial charge in [0, 0.05) is 18.0 Å². The van der Waals surface area contributed by atoms with Crippen LogP contribution < -0.4 is 5.73 Å². The Bertz CT molecular complexity index is 907. The molecule has 5 nitrogen and oxygen atoms in total. The van der Waals surface area contributed by atoms with Gasteiger partial charge in [0.2, 0.25) is 0 Å². The van der Waals surface area contributed by atoms with Crippen molar-refractivity contribution in [1.29, 1.82) is 0 Å². The molecule has 1 aliphatic heterocycles. The van der Waals surface area contributed by atoms with Crippen molar-refractivity contribution in [2.45, 2.75) is 31.9 Å². The van der Waals surface area contributed by atoms with Gasteiger partial charge < -0.3 is 15.5 Å². The van der Waals surface area contributed by atoms with Crippen LogP contribution in [0.1, 0.15) is 47.2 Å². The fraction of sp³-hybridized carbons (Fsp3) is 0.440. The third-order valence-corrected chi connectivity index (χ3v) is 5.83. The molecular weight excluding hydrogens is 431 g/mol. The fourth-order valence-electron chi connectivity index (χ4n) is 4.00. The van der Waals surface area contributed by atoms with Gasteiger partial charge in [-0.2, -0.15) is 13.2 Å². The van der Waals surface area contributed by atoms with E-state index in [9.17, 15) is 18.0 Å². The first-order chi connectivity index (χ1) is 15.9. The lowest BCUT2D eigenvalue weighted by atomic mass is 9.88. The van der Waals surface area contributed by atoms with Crippen LogP contribution in [0.15, 0.2) is 59.8 Å². The standard InChI is InChI=1S/C25H30F3N3O2/c26-25(27,28)22-10-8-20(9-11-22)24(32)21-12-16-31(17-13-21)15-4-7-23(30-33-18-14-29)19-5-2-1-3-6-19/h1-3,5-6,8-11,21H,4,7,12-18,29H2/b30-23-. The van der Waals surface area contributed by atoms with Gasteiger partial charge in [0.25, 0.3) is 0 Å². The van der Waals surface area contributed by atoms with Crippen LogP contribution in [0, 0.1) is 5.92 Å². The summed E-state index contributed by atoms with van der Waals surface area (Å²) in [6.45, 7) is 3.24. The number of nitrogens with two attached hydrogens (primary N) is 1. The van der Waals surface area contributed by atoms with Gasteiger partial charge in [-0.1, -0.05) is 47.6 Å². The van der Waals surface area contributed by atoms with Gasteiger partial charge in [0.05, 0.1) is 11.3 Å². The molecule has 1 aliphatic rings. The molecule has 1 fully saturated rings. The predicted octanol–water partition coefficient (Wildman–Crippen LogP) is 4.76. The number of piperidine rings is 1. The van der Waals surface area contributed by atoms with Gasteiger partial charge in [-0.05, 0) is 63.0 Å². The molecule has 0 saturated carbocycles. The Labute approximate surface area is 192 Å². The number of carbonyl (C=O) groups excluding carboxylic acids is 1. The van der Waals surface area contributed by atoms with Gasteiger partial charge in [-0.3, -0.25) is 4.79 Å². The molecule has 1 saturated heterocycles. The summed E-state index contributed by atoms with van der Waals surface area (Å²) in [5, 5.41) is 4.26. The largest absolute Gasteiger partial charge is 0.416 e. The number of carbonyl (C=O) groups is 1. The van der Waals surface area contributed by atoms with Crippen molar-refractivity contribution in [3.63, 3.8) is 0 Å². The minimum absolute atomic E-state index is 0.0704.